The van der Waals surface area contributed by atoms with Crippen molar-refractivity contribution in [2.75, 3.05) is 0 Å². The van der Waals surface area contributed by atoms with Crippen LogP contribution >= 0.6 is 0 Å². The monoisotopic (exact) mass is 273 g/mol. The number of carbonyl (C=O) groups excluding carboxylic acids is 1. The molecule has 0 heterocycles. The lowest BCUT2D eigenvalue weighted by atomic mass is 10.0. The van der Waals surface area contributed by atoms with Crippen LogP contribution in [0.15, 0.2) is 24.3 Å². The molecule has 0 spiro atoms. The van der Waals surface area contributed by atoms with Gasteiger partial charge in [-0.25, -0.2) is 0 Å². The summed E-state index contributed by atoms with van der Waals surface area (Å²) in [5.74, 6) is 0.281. The van der Waals surface area contributed by atoms with Gasteiger partial charge < -0.3 is 4.90 Å². The molecule has 1 aromatic rings. The van der Waals surface area contributed by atoms with E-state index in [9.17, 15) is 4.79 Å². The van der Waals surface area contributed by atoms with Gasteiger partial charge in [-0.05, 0) is 50.7 Å². The highest BCUT2D eigenvalue weighted by atomic mass is 16.2. The Kier molecular flexibility index (Phi) is 5.22. The van der Waals surface area contributed by atoms with Gasteiger partial charge in [0.15, 0.2) is 0 Å². The van der Waals surface area contributed by atoms with E-state index in [1.54, 1.807) is 0 Å². The van der Waals surface area contributed by atoms with E-state index >= 15 is 0 Å². The Hall–Kier alpha value is -1.31. The van der Waals surface area contributed by atoms with Gasteiger partial charge >= 0.3 is 0 Å². The van der Waals surface area contributed by atoms with Gasteiger partial charge in [-0.3, -0.25) is 4.79 Å². The Balaban J connectivity index is 1.93. The van der Waals surface area contributed by atoms with Gasteiger partial charge in [-0.1, -0.05) is 37.6 Å². The predicted molar refractivity (Wildman–Crippen MR) is 83.8 cm³/mol. The number of carbonyl (C=O) groups is 1. The third-order valence-corrected chi connectivity index (χ3v) is 3.98. The topological polar surface area (TPSA) is 20.3 Å². The molecule has 1 aliphatic rings. The maximum absolute atomic E-state index is 12.4. The summed E-state index contributed by atoms with van der Waals surface area (Å²) in [6.45, 7) is 6.44. The van der Waals surface area contributed by atoms with Crippen LogP contribution < -0.4 is 0 Å². The third-order valence-electron chi connectivity index (χ3n) is 3.98. The van der Waals surface area contributed by atoms with Crippen molar-refractivity contribution in [1.29, 1.82) is 0 Å². The van der Waals surface area contributed by atoms with Gasteiger partial charge in [0.1, 0.15) is 0 Å². The van der Waals surface area contributed by atoms with Crippen molar-refractivity contribution in [1.82, 2.24) is 4.90 Å². The number of hydrogen-bond donors (Lipinski definition) is 0. The first-order valence-corrected chi connectivity index (χ1v) is 8.00. The second-order valence-electron chi connectivity index (χ2n) is 6.22. The number of rotatable bonds is 7. The lowest BCUT2D eigenvalue weighted by Crippen LogP contribution is -2.39. The summed E-state index contributed by atoms with van der Waals surface area (Å²) in [4.78, 5) is 14.5. The standard InChI is InChI=1S/C18H27NO/c1-4-5-6-15-7-9-16(10-8-15)13-18(20)19(14(2)3)17-11-12-17/h7-10,14,17H,4-6,11-13H2,1-3H3. The van der Waals surface area contributed by atoms with Crippen LogP contribution in [0.4, 0.5) is 0 Å². The Bertz CT molecular complexity index is 429. The quantitative estimate of drug-likeness (QED) is 0.736. The highest BCUT2D eigenvalue weighted by molar-refractivity contribution is 5.79. The van der Waals surface area contributed by atoms with Crippen LogP contribution in [0.5, 0.6) is 0 Å². The van der Waals surface area contributed by atoms with Crippen LogP contribution in [0, 0.1) is 0 Å². The Labute approximate surface area is 123 Å². The average molecular weight is 273 g/mol. The van der Waals surface area contributed by atoms with E-state index < -0.39 is 0 Å². The number of hydrogen-bond acceptors (Lipinski definition) is 1. The van der Waals surface area contributed by atoms with Crippen molar-refractivity contribution in [3.05, 3.63) is 35.4 Å². The second kappa shape index (κ2) is 6.92. The summed E-state index contributed by atoms with van der Waals surface area (Å²) in [7, 11) is 0. The molecule has 110 valence electrons. The van der Waals surface area contributed by atoms with Gasteiger partial charge in [0, 0.05) is 12.1 Å². The zero-order valence-corrected chi connectivity index (χ0v) is 13.1. The van der Waals surface area contributed by atoms with Crippen LogP contribution in [0.2, 0.25) is 0 Å². The normalized spacial score (nSPS) is 14.6. The second-order valence-corrected chi connectivity index (χ2v) is 6.22. The fraction of sp³-hybridized carbons (Fsp3) is 0.611. The summed E-state index contributed by atoms with van der Waals surface area (Å²) < 4.78 is 0. The molecule has 0 radical (unpaired) electrons. The molecule has 0 unspecified atom stereocenters. The number of unbranched alkanes of at least 4 members (excludes halogenated alkanes) is 1. The molecule has 20 heavy (non-hydrogen) atoms. The van der Waals surface area contributed by atoms with Crippen LogP contribution in [0.3, 0.4) is 0 Å². The van der Waals surface area contributed by atoms with Crippen LogP contribution in [-0.2, 0) is 17.6 Å². The van der Waals surface area contributed by atoms with E-state index in [0.29, 0.717) is 18.5 Å². The molecular formula is C18H27NO. The summed E-state index contributed by atoms with van der Waals surface area (Å²) in [6, 6.07) is 9.41. The molecule has 1 fully saturated rings. The molecule has 0 atom stereocenters. The molecule has 2 nitrogen and oxygen atoms in total. The van der Waals surface area contributed by atoms with Gasteiger partial charge in [-0.2, -0.15) is 0 Å². The van der Waals surface area contributed by atoms with E-state index in [1.165, 1.54) is 31.2 Å². The van der Waals surface area contributed by atoms with Gasteiger partial charge in [0.25, 0.3) is 0 Å². The number of amides is 1. The molecule has 1 saturated carbocycles. The van der Waals surface area contributed by atoms with Crippen molar-refractivity contribution in [3.8, 4) is 0 Å². The van der Waals surface area contributed by atoms with Crippen LogP contribution in [0.25, 0.3) is 0 Å². The summed E-state index contributed by atoms with van der Waals surface area (Å²) in [6.07, 6.45) is 6.51. The smallest absolute Gasteiger partial charge is 0.227 e. The number of aryl methyl sites for hydroxylation is 1. The lowest BCUT2D eigenvalue weighted by Gasteiger charge is -2.26. The Morgan fingerprint density at radius 3 is 2.30 bits per heavy atom. The molecule has 1 aromatic carbocycles. The minimum absolute atomic E-state index is 0.281. The fourth-order valence-electron chi connectivity index (χ4n) is 2.74. The zero-order chi connectivity index (χ0) is 14.5. The van der Waals surface area contributed by atoms with E-state index in [1.807, 2.05) is 0 Å². The molecule has 2 heteroatoms. The zero-order valence-electron chi connectivity index (χ0n) is 13.1. The summed E-state index contributed by atoms with van der Waals surface area (Å²) >= 11 is 0. The van der Waals surface area contributed by atoms with Gasteiger partial charge in [-0.15, -0.1) is 0 Å². The van der Waals surface area contributed by atoms with E-state index in [2.05, 4.69) is 49.9 Å². The molecule has 0 N–H and O–H groups in total. The lowest BCUT2D eigenvalue weighted by molar-refractivity contribution is -0.132. The largest absolute Gasteiger partial charge is 0.337 e. The fourth-order valence-corrected chi connectivity index (χ4v) is 2.74. The molecule has 1 aliphatic carbocycles. The highest BCUT2D eigenvalue weighted by Crippen LogP contribution is 2.29. The first kappa shape index (κ1) is 15.1. The van der Waals surface area contributed by atoms with Crippen molar-refractivity contribution in [3.63, 3.8) is 0 Å². The molecular weight excluding hydrogens is 246 g/mol. The van der Waals surface area contributed by atoms with Crippen molar-refractivity contribution in [2.24, 2.45) is 0 Å². The van der Waals surface area contributed by atoms with E-state index in [-0.39, 0.29) is 5.91 Å². The molecule has 0 aromatic heterocycles. The number of nitrogens with zero attached hydrogens (tertiary/aromatic N) is 1. The van der Waals surface area contributed by atoms with Gasteiger partial charge in [0.05, 0.1) is 6.42 Å². The SMILES string of the molecule is CCCCc1ccc(CC(=O)N(C(C)C)C2CC2)cc1. The summed E-state index contributed by atoms with van der Waals surface area (Å²) in [5, 5.41) is 0. The predicted octanol–water partition coefficient (Wildman–Crippen LogP) is 3.97. The number of benzene rings is 1. The van der Waals surface area contributed by atoms with Crippen molar-refractivity contribution in [2.45, 2.75) is 71.4 Å². The minimum atomic E-state index is 0.281. The van der Waals surface area contributed by atoms with Crippen molar-refractivity contribution < 1.29 is 4.79 Å². The molecule has 0 aliphatic heterocycles. The molecule has 2 rings (SSSR count). The minimum Gasteiger partial charge on any atom is -0.337 e. The average Bonchev–Trinajstić information content (AvgIpc) is 3.22. The maximum Gasteiger partial charge on any atom is 0.227 e. The molecule has 0 bridgehead atoms. The first-order valence-electron chi connectivity index (χ1n) is 8.00. The maximum atomic E-state index is 12.4. The highest BCUT2D eigenvalue weighted by Gasteiger charge is 2.33. The van der Waals surface area contributed by atoms with Crippen molar-refractivity contribution >= 4 is 5.91 Å². The van der Waals surface area contributed by atoms with E-state index in [4.69, 9.17) is 0 Å². The molecule has 0 saturated heterocycles. The Morgan fingerprint density at radius 1 is 1.20 bits per heavy atom. The van der Waals surface area contributed by atoms with Crippen LogP contribution in [0.1, 0.15) is 57.6 Å². The third kappa shape index (κ3) is 4.09. The molecule has 1 amide bonds. The summed E-state index contributed by atoms with van der Waals surface area (Å²) in [5.41, 5.74) is 2.52. The Morgan fingerprint density at radius 2 is 1.80 bits per heavy atom. The first-order chi connectivity index (χ1) is 9.61. The van der Waals surface area contributed by atoms with Gasteiger partial charge in [0.2, 0.25) is 5.91 Å². The van der Waals surface area contributed by atoms with Crippen LogP contribution in [-0.4, -0.2) is 22.9 Å². The van der Waals surface area contributed by atoms with E-state index in [0.717, 1.165) is 12.0 Å².